The minimum atomic E-state index is -0.778. The van der Waals surface area contributed by atoms with Crippen LogP contribution in [0, 0.1) is 0 Å². The van der Waals surface area contributed by atoms with Gasteiger partial charge in [-0.15, -0.1) is 0 Å². The first-order valence-electron chi connectivity index (χ1n) is 4.10. The van der Waals surface area contributed by atoms with Gasteiger partial charge in [-0.2, -0.15) is 11.8 Å². The maximum atomic E-state index is 10.5. The van der Waals surface area contributed by atoms with Gasteiger partial charge in [-0.05, 0) is 0 Å². The van der Waals surface area contributed by atoms with Crippen molar-refractivity contribution >= 4 is 23.6 Å². The van der Waals surface area contributed by atoms with Crippen LogP contribution in [0.5, 0.6) is 0 Å². The Kier molecular flexibility index (Phi) is 6.40. The SMILES string of the molecule is CC(=O)NCCSC(C)CC(=O)O. The average molecular weight is 205 g/mol. The fourth-order valence-corrected chi connectivity index (χ4v) is 1.67. The Morgan fingerprint density at radius 2 is 2.15 bits per heavy atom. The summed E-state index contributed by atoms with van der Waals surface area (Å²) in [5.74, 6) is -0.0698. The van der Waals surface area contributed by atoms with Crippen LogP contribution in [-0.2, 0) is 9.59 Å². The molecule has 0 spiro atoms. The van der Waals surface area contributed by atoms with Crippen LogP contribution in [0.1, 0.15) is 20.3 Å². The Balaban J connectivity index is 3.31. The molecule has 0 aromatic rings. The number of rotatable bonds is 6. The zero-order valence-electron chi connectivity index (χ0n) is 7.87. The van der Waals surface area contributed by atoms with E-state index in [-0.39, 0.29) is 17.6 Å². The number of amides is 1. The van der Waals surface area contributed by atoms with Gasteiger partial charge in [-0.25, -0.2) is 0 Å². The first-order valence-corrected chi connectivity index (χ1v) is 5.15. The number of hydrogen-bond donors (Lipinski definition) is 2. The molecule has 2 N–H and O–H groups in total. The fraction of sp³-hybridized carbons (Fsp3) is 0.750. The molecule has 0 aliphatic carbocycles. The van der Waals surface area contributed by atoms with Gasteiger partial charge in [-0.1, -0.05) is 6.92 Å². The average Bonchev–Trinajstić information content (AvgIpc) is 1.96. The molecule has 5 heteroatoms. The molecular weight excluding hydrogens is 190 g/mol. The Labute approximate surface area is 82.1 Å². The van der Waals surface area contributed by atoms with E-state index >= 15 is 0 Å². The summed E-state index contributed by atoms with van der Waals surface area (Å²) in [6, 6.07) is 0. The van der Waals surface area contributed by atoms with Crippen LogP contribution < -0.4 is 5.32 Å². The van der Waals surface area contributed by atoms with Gasteiger partial charge in [0.25, 0.3) is 0 Å². The molecule has 1 unspecified atom stereocenters. The summed E-state index contributed by atoms with van der Waals surface area (Å²) >= 11 is 1.55. The van der Waals surface area contributed by atoms with Gasteiger partial charge in [-0.3, -0.25) is 9.59 Å². The van der Waals surface area contributed by atoms with E-state index in [9.17, 15) is 9.59 Å². The third-order valence-corrected chi connectivity index (χ3v) is 2.52. The van der Waals surface area contributed by atoms with E-state index in [1.807, 2.05) is 6.92 Å². The number of carbonyl (C=O) groups excluding carboxylic acids is 1. The number of aliphatic carboxylic acids is 1. The number of carboxylic acids is 1. The standard InChI is InChI=1S/C8H15NO3S/c1-6(5-8(11)12)13-4-3-9-7(2)10/h6H,3-5H2,1-2H3,(H,9,10)(H,11,12). The molecule has 0 bridgehead atoms. The molecule has 0 fully saturated rings. The maximum absolute atomic E-state index is 10.5. The van der Waals surface area contributed by atoms with Crippen LogP contribution in [0.3, 0.4) is 0 Å². The van der Waals surface area contributed by atoms with Crippen molar-refractivity contribution in [3.8, 4) is 0 Å². The Bertz CT molecular complexity index is 184. The second kappa shape index (κ2) is 6.77. The molecule has 1 amide bonds. The summed E-state index contributed by atoms with van der Waals surface area (Å²) in [4.78, 5) is 20.7. The van der Waals surface area contributed by atoms with Gasteiger partial charge in [0.1, 0.15) is 0 Å². The number of hydrogen-bond acceptors (Lipinski definition) is 3. The molecule has 0 rings (SSSR count). The quantitative estimate of drug-likeness (QED) is 0.627. The fourth-order valence-electron chi connectivity index (χ4n) is 0.792. The van der Waals surface area contributed by atoms with E-state index in [0.29, 0.717) is 6.54 Å². The van der Waals surface area contributed by atoms with E-state index in [0.717, 1.165) is 5.75 Å². The highest BCUT2D eigenvalue weighted by Gasteiger charge is 2.06. The number of carboxylic acid groups (broad SMARTS) is 1. The van der Waals surface area contributed by atoms with Gasteiger partial charge in [0.2, 0.25) is 5.91 Å². The highest BCUT2D eigenvalue weighted by molar-refractivity contribution is 7.99. The van der Waals surface area contributed by atoms with E-state index in [4.69, 9.17) is 5.11 Å². The van der Waals surface area contributed by atoms with Crippen molar-refractivity contribution in [3.05, 3.63) is 0 Å². The minimum absolute atomic E-state index is 0.0495. The lowest BCUT2D eigenvalue weighted by molar-refractivity contribution is -0.136. The van der Waals surface area contributed by atoms with Crippen molar-refractivity contribution in [2.75, 3.05) is 12.3 Å². The monoisotopic (exact) mass is 205 g/mol. The lowest BCUT2D eigenvalue weighted by Gasteiger charge is -2.07. The predicted molar refractivity (Wildman–Crippen MR) is 52.9 cm³/mol. The predicted octanol–water partition coefficient (Wildman–Crippen LogP) is 0.719. The maximum Gasteiger partial charge on any atom is 0.304 e. The highest BCUT2D eigenvalue weighted by atomic mass is 32.2. The summed E-state index contributed by atoms with van der Waals surface area (Å²) < 4.78 is 0. The summed E-state index contributed by atoms with van der Waals surface area (Å²) in [6.45, 7) is 3.93. The number of nitrogens with one attached hydrogen (secondary N) is 1. The zero-order chi connectivity index (χ0) is 10.3. The lowest BCUT2D eigenvalue weighted by Crippen LogP contribution is -2.23. The normalized spacial score (nSPS) is 12.2. The largest absolute Gasteiger partial charge is 0.481 e. The lowest BCUT2D eigenvalue weighted by atomic mass is 10.3. The van der Waals surface area contributed by atoms with Crippen LogP contribution in [0.15, 0.2) is 0 Å². The van der Waals surface area contributed by atoms with E-state index in [2.05, 4.69) is 5.32 Å². The molecule has 0 aliphatic heterocycles. The van der Waals surface area contributed by atoms with Gasteiger partial charge < -0.3 is 10.4 Å². The molecule has 0 aliphatic rings. The number of carbonyl (C=O) groups is 2. The van der Waals surface area contributed by atoms with Gasteiger partial charge in [0, 0.05) is 24.5 Å². The molecular formula is C8H15NO3S. The van der Waals surface area contributed by atoms with Crippen molar-refractivity contribution in [1.82, 2.24) is 5.32 Å². The topological polar surface area (TPSA) is 66.4 Å². The number of thioether (sulfide) groups is 1. The molecule has 0 saturated heterocycles. The molecule has 0 aromatic carbocycles. The van der Waals surface area contributed by atoms with Gasteiger partial charge in [0.05, 0.1) is 6.42 Å². The van der Waals surface area contributed by atoms with Crippen LogP contribution in [0.25, 0.3) is 0 Å². The van der Waals surface area contributed by atoms with E-state index in [1.165, 1.54) is 6.92 Å². The van der Waals surface area contributed by atoms with Crippen LogP contribution in [0.4, 0.5) is 0 Å². The molecule has 76 valence electrons. The third kappa shape index (κ3) is 9.20. The molecule has 1 atom stereocenters. The first kappa shape index (κ1) is 12.3. The van der Waals surface area contributed by atoms with Gasteiger partial charge >= 0.3 is 5.97 Å². The second-order valence-electron chi connectivity index (χ2n) is 2.76. The summed E-state index contributed by atoms with van der Waals surface area (Å²) in [5.41, 5.74) is 0. The molecule has 4 nitrogen and oxygen atoms in total. The highest BCUT2D eigenvalue weighted by Crippen LogP contribution is 2.12. The molecule has 0 radical (unpaired) electrons. The molecule has 0 heterocycles. The van der Waals surface area contributed by atoms with Crippen molar-refractivity contribution in [2.24, 2.45) is 0 Å². The van der Waals surface area contributed by atoms with Crippen molar-refractivity contribution in [1.29, 1.82) is 0 Å². The molecule has 0 saturated carbocycles. The summed E-state index contributed by atoms with van der Waals surface area (Å²) in [5, 5.41) is 11.2. The second-order valence-corrected chi connectivity index (χ2v) is 4.31. The van der Waals surface area contributed by atoms with Crippen LogP contribution in [0.2, 0.25) is 0 Å². The van der Waals surface area contributed by atoms with Crippen LogP contribution in [-0.4, -0.2) is 34.5 Å². The molecule has 13 heavy (non-hydrogen) atoms. The van der Waals surface area contributed by atoms with E-state index < -0.39 is 5.97 Å². The third-order valence-electron chi connectivity index (χ3n) is 1.34. The first-order chi connectivity index (χ1) is 6.02. The van der Waals surface area contributed by atoms with Gasteiger partial charge in [0.15, 0.2) is 0 Å². The Hall–Kier alpha value is -0.710. The van der Waals surface area contributed by atoms with Crippen molar-refractivity contribution < 1.29 is 14.7 Å². The minimum Gasteiger partial charge on any atom is -0.481 e. The Morgan fingerprint density at radius 1 is 1.54 bits per heavy atom. The van der Waals surface area contributed by atoms with Crippen molar-refractivity contribution in [3.63, 3.8) is 0 Å². The smallest absolute Gasteiger partial charge is 0.304 e. The zero-order valence-corrected chi connectivity index (χ0v) is 8.69. The Morgan fingerprint density at radius 3 is 2.62 bits per heavy atom. The van der Waals surface area contributed by atoms with Crippen LogP contribution >= 0.6 is 11.8 Å². The van der Waals surface area contributed by atoms with Crippen molar-refractivity contribution in [2.45, 2.75) is 25.5 Å². The summed E-state index contributed by atoms with van der Waals surface area (Å²) in [6.07, 6.45) is 0.171. The molecule has 0 aromatic heterocycles. The summed E-state index contributed by atoms with van der Waals surface area (Å²) in [7, 11) is 0. The van der Waals surface area contributed by atoms with E-state index in [1.54, 1.807) is 11.8 Å².